The zero-order chi connectivity index (χ0) is 14.8. The smallest absolute Gasteiger partial charge is 0.123 e. The highest BCUT2D eigenvalue weighted by atomic mass is 19.1. The maximum Gasteiger partial charge on any atom is 0.123 e. The first-order valence-corrected chi connectivity index (χ1v) is 7.24. The lowest BCUT2D eigenvalue weighted by atomic mass is 9.94. The van der Waals surface area contributed by atoms with Gasteiger partial charge in [-0.25, -0.2) is 4.39 Å². The highest BCUT2D eigenvalue weighted by Gasteiger charge is 2.29. The molecule has 2 unspecified atom stereocenters. The summed E-state index contributed by atoms with van der Waals surface area (Å²) in [6.45, 7) is 5.54. The molecular formula is C18H19FNO. The first-order chi connectivity index (χ1) is 10.1. The number of hydrogen-bond acceptors (Lipinski definition) is 2. The number of benzene rings is 2. The van der Waals surface area contributed by atoms with E-state index in [9.17, 15) is 9.50 Å². The van der Waals surface area contributed by atoms with Crippen LogP contribution < -0.4 is 4.90 Å². The Labute approximate surface area is 124 Å². The molecule has 0 saturated carbocycles. The van der Waals surface area contributed by atoms with Crippen LogP contribution in [0.2, 0.25) is 0 Å². The first kappa shape index (κ1) is 14.1. The molecule has 1 aliphatic heterocycles. The Hall–Kier alpha value is -1.87. The van der Waals surface area contributed by atoms with Gasteiger partial charge in [-0.3, -0.25) is 0 Å². The molecule has 0 aromatic heterocycles. The SMILES string of the molecule is [CH2]c1ccc(C(O)C2CCN(c3ccc(F)cc3)C2)cc1. The van der Waals surface area contributed by atoms with Gasteiger partial charge >= 0.3 is 0 Å². The summed E-state index contributed by atoms with van der Waals surface area (Å²) in [4.78, 5) is 2.20. The topological polar surface area (TPSA) is 23.5 Å². The average Bonchev–Trinajstić information content (AvgIpc) is 2.98. The third kappa shape index (κ3) is 3.08. The van der Waals surface area contributed by atoms with Crippen LogP contribution in [0.15, 0.2) is 48.5 Å². The molecule has 1 N–H and O–H groups in total. The van der Waals surface area contributed by atoms with E-state index in [2.05, 4.69) is 11.8 Å². The van der Waals surface area contributed by atoms with Crippen molar-refractivity contribution in [2.45, 2.75) is 12.5 Å². The maximum absolute atomic E-state index is 13.0. The molecule has 0 amide bonds. The second kappa shape index (κ2) is 5.86. The minimum atomic E-state index is -0.462. The number of anilines is 1. The molecule has 0 spiro atoms. The molecule has 2 aromatic rings. The van der Waals surface area contributed by atoms with Gasteiger partial charge in [0.15, 0.2) is 0 Å². The average molecular weight is 284 g/mol. The Kier molecular flexibility index (Phi) is 3.93. The monoisotopic (exact) mass is 284 g/mol. The molecule has 21 heavy (non-hydrogen) atoms. The van der Waals surface area contributed by atoms with Gasteiger partial charge in [-0.1, -0.05) is 24.3 Å². The van der Waals surface area contributed by atoms with E-state index in [1.54, 1.807) is 12.1 Å². The highest BCUT2D eigenvalue weighted by molar-refractivity contribution is 5.47. The third-order valence-electron chi connectivity index (χ3n) is 4.18. The zero-order valence-corrected chi connectivity index (χ0v) is 11.9. The molecule has 1 aliphatic rings. The van der Waals surface area contributed by atoms with Crippen LogP contribution in [0.5, 0.6) is 0 Å². The van der Waals surface area contributed by atoms with Crippen molar-refractivity contribution in [3.05, 3.63) is 72.4 Å². The van der Waals surface area contributed by atoms with Gasteiger partial charge in [-0.15, -0.1) is 0 Å². The third-order valence-corrected chi connectivity index (χ3v) is 4.18. The number of aliphatic hydroxyl groups is 1. The number of halogens is 1. The minimum absolute atomic E-state index is 0.200. The molecule has 2 aromatic carbocycles. The van der Waals surface area contributed by atoms with Gasteiger partial charge in [0.05, 0.1) is 6.10 Å². The summed E-state index contributed by atoms with van der Waals surface area (Å²) < 4.78 is 13.0. The molecule has 1 heterocycles. The van der Waals surface area contributed by atoms with Crippen molar-refractivity contribution in [3.63, 3.8) is 0 Å². The maximum atomic E-state index is 13.0. The van der Waals surface area contributed by atoms with E-state index in [1.807, 2.05) is 24.3 Å². The van der Waals surface area contributed by atoms with Crippen molar-refractivity contribution >= 4 is 5.69 Å². The lowest BCUT2D eigenvalue weighted by Crippen LogP contribution is -2.22. The summed E-state index contributed by atoms with van der Waals surface area (Å²) in [5.41, 5.74) is 2.90. The van der Waals surface area contributed by atoms with Gasteiger partial charge in [0.1, 0.15) is 5.82 Å². The quantitative estimate of drug-likeness (QED) is 0.931. The second-order valence-electron chi connectivity index (χ2n) is 5.66. The van der Waals surface area contributed by atoms with Crippen LogP contribution in [0.3, 0.4) is 0 Å². The Morgan fingerprint density at radius 2 is 1.76 bits per heavy atom. The summed E-state index contributed by atoms with van der Waals surface area (Å²) in [6, 6.07) is 14.3. The van der Waals surface area contributed by atoms with Crippen molar-refractivity contribution in [1.82, 2.24) is 0 Å². The van der Waals surface area contributed by atoms with Crippen LogP contribution in [0, 0.1) is 18.7 Å². The van der Waals surface area contributed by atoms with Crippen molar-refractivity contribution in [3.8, 4) is 0 Å². The van der Waals surface area contributed by atoms with Crippen molar-refractivity contribution in [2.24, 2.45) is 5.92 Å². The molecule has 3 heteroatoms. The normalized spacial score (nSPS) is 19.8. The van der Waals surface area contributed by atoms with Gasteiger partial charge in [-0.2, -0.15) is 0 Å². The fourth-order valence-electron chi connectivity index (χ4n) is 2.92. The Morgan fingerprint density at radius 1 is 1.10 bits per heavy atom. The predicted octanol–water partition coefficient (Wildman–Crippen LogP) is 3.57. The van der Waals surface area contributed by atoms with E-state index in [0.29, 0.717) is 0 Å². The zero-order valence-electron chi connectivity index (χ0n) is 11.9. The van der Waals surface area contributed by atoms with Crippen LogP contribution in [-0.2, 0) is 0 Å². The van der Waals surface area contributed by atoms with E-state index >= 15 is 0 Å². The van der Waals surface area contributed by atoms with Gasteiger partial charge in [0.25, 0.3) is 0 Å². The summed E-state index contributed by atoms with van der Waals surface area (Å²) in [5, 5.41) is 10.5. The molecule has 0 aliphatic carbocycles. The molecule has 2 nitrogen and oxygen atoms in total. The highest BCUT2D eigenvalue weighted by Crippen LogP contribution is 2.32. The van der Waals surface area contributed by atoms with Crippen LogP contribution in [-0.4, -0.2) is 18.2 Å². The largest absolute Gasteiger partial charge is 0.388 e. The van der Waals surface area contributed by atoms with Crippen molar-refractivity contribution in [2.75, 3.05) is 18.0 Å². The molecule has 1 radical (unpaired) electrons. The molecule has 1 saturated heterocycles. The number of rotatable bonds is 3. The summed E-state index contributed by atoms with van der Waals surface area (Å²) in [6.07, 6.45) is 0.473. The summed E-state index contributed by atoms with van der Waals surface area (Å²) >= 11 is 0. The van der Waals surface area contributed by atoms with Gasteiger partial charge in [0.2, 0.25) is 0 Å². The van der Waals surface area contributed by atoms with Crippen LogP contribution >= 0.6 is 0 Å². The molecular weight excluding hydrogens is 265 g/mol. The fraction of sp³-hybridized carbons (Fsp3) is 0.278. The second-order valence-corrected chi connectivity index (χ2v) is 5.66. The van der Waals surface area contributed by atoms with Gasteiger partial charge in [0, 0.05) is 24.7 Å². The Balaban J connectivity index is 1.69. The number of hydrogen-bond donors (Lipinski definition) is 1. The predicted molar refractivity (Wildman–Crippen MR) is 82.6 cm³/mol. The van der Waals surface area contributed by atoms with Gasteiger partial charge in [-0.05, 0) is 48.7 Å². The lowest BCUT2D eigenvalue weighted by molar-refractivity contribution is 0.119. The fourth-order valence-corrected chi connectivity index (χ4v) is 2.92. The number of nitrogens with zero attached hydrogens (tertiary/aromatic N) is 1. The molecule has 109 valence electrons. The van der Waals surface area contributed by atoms with Crippen LogP contribution in [0.25, 0.3) is 0 Å². The summed E-state index contributed by atoms with van der Waals surface area (Å²) in [5.74, 6) is -0.0199. The van der Waals surface area contributed by atoms with Crippen LogP contribution in [0.1, 0.15) is 23.7 Å². The Bertz CT molecular complexity index is 594. The first-order valence-electron chi connectivity index (χ1n) is 7.24. The van der Waals surface area contributed by atoms with E-state index in [-0.39, 0.29) is 11.7 Å². The van der Waals surface area contributed by atoms with Crippen molar-refractivity contribution in [1.29, 1.82) is 0 Å². The van der Waals surface area contributed by atoms with Gasteiger partial charge < -0.3 is 10.0 Å². The molecule has 0 bridgehead atoms. The number of aliphatic hydroxyl groups excluding tert-OH is 1. The van der Waals surface area contributed by atoms with E-state index in [1.165, 1.54) is 12.1 Å². The molecule has 3 rings (SSSR count). The van der Waals surface area contributed by atoms with Crippen molar-refractivity contribution < 1.29 is 9.50 Å². The van der Waals surface area contributed by atoms with E-state index in [4.69, 9.17) is 0 Å². The summed E-state index contributed by atoms with van der Waals surface area (Å²) in [7, 11) is 0. The van der Waals surface area contributed by atoms with E-state index < -0.39 is 6.10 Å². The molecule has 1 fully saturated rings. The minimum Gasteiger partial charge on any atom is -0.388 e. The lowest BCUT2D eigenvalue weighted by Gasteiger charge is -2.21. The van der Waals surface area contributed by atoms with E-state index in [0.717, 1.165) is 36.3 Å². The van der Waals surface area contributed by atoms with Crippen LogP contribution in [0.4, 0.5) is 10.1 Å². The Morgan fingerprint density at radius 3 is 2.43 bits per heavy atom. The molecule has 2 atom stereocenters. The standard InChI is InChI=1S/C18H19FNO/c1-13-2-4-14(5-3-13)18(21)15-10-11-20(12-15)17-8-6-16(19)7-9-17/h2-9,15,18,21H,1,10-12H2.